The van der Waals surface area contributed by atoms with Crippen molar-refractivity contribution in [3.05, 3.63) is 72.7 Å². The number of nitrogens with zero attached hydrogens (tertiary/aromatic N) is 3. The largest absolute Gasteiger partial charge is 0.508 e. The van der Waals surface area contributed by atoms with Gasteiger partial charge >= 0.3 is 0 Å². The van der Waals surface area contributed by atoms with Crippen molar-refractivity contribution in [2.24, 2.45) is 0 Å². The first-order valence-electron chi connectivity index (χ1n) is 7.84. The van der Waals surface area contributed by atoms with Gasteiger partial charge < -0.3 is 15.5 Å². The number of aromatic nitrogens is 3. The summed E-state index contributed by atoms with van der Waals surface area (Å²) >= 11 is 0. The Morgan fingerprint density at radius 1 is 1.04 bits per heavy atom. The molecule has 0 aliphatic heterocycles. The number of fused-ring (bicyclic) bond motifs is 1. The normalized spacial score (nSPS) is 10.9. The number of nitrogens with one attached hydrogen (secondary N) is 1. The first-order valence-corrected chi connectivity index (χ1v) is 7.84. The number of imidazole rings is 1. The van der Waals surface area contributed by atoms with Crippen LogP contribution in [0.2, 0.25) is 0 Å². The summed E-state index contributed by atoms with van der Waals surface area (Å²) in [4.78, 5) is 8.68. The topological polar surface area (TPSA) is 82.7 Å². The van der Waals surface area contributed by atoms with Gasteiger partial charge in [0.05, 0.1) is 6.20 Å². The molecule has 0 radical (unpaired) electrons. The second-order valence-corrected chi connectivity index (χ2v) is 5.65. The number of aromatic hydroxyl groups is 2. The van der Waals surface area contributed by atoms with Gasteiger partial charge in [-0.3, -0.25) is 9.38 Å². The molecule has 2 aromatic heterocycles. The fourth-order valence-corrected chi connectivity index (χ4v) is 2.77. The maximum atomic E-state index is 10.2. The second-order valence-electron chi connectivity index (χ2n) is 5.65. The predicted molar refractivity (Wildman–Crippen MR) is 95.5 cm³/mol. The molecule has 25 heavy (non-hydrogen) atoms. The molecule has 0 amide bonds. The van der Waals surface area contributed by atoms with Gasteiger partial charge in [-0.1, -0.05) is 30.3 Å². The molecule has 0 spiro atoms. The standard InChI is InChI=1S/C19H16N4O2/c24-14-6-7-15(16(25)10-14)18-19(21-11-13-4-2-1-3-5-13)23-9-8-20-12-17(23)22-18/h1-10,12,21,24-25H,11H2. The van der Waals surface area contributed by atoms with E-state index in [4.69, 9.17) is 0 Å². The van der Waals surface area contributed by atoms with Crippen LogP contribution < -0.4 is 5.32 Å². The summed E-state index contributed by atoms with van der Waals surface area (Å²) in [5, 5.41) is 23.2. The number of phenols is 2. The molecule has 6 heteroatoms. The lowest BCUT2D eigenvalue weighted by Crippen LogP contribution is -2.03. The number of benzene rings is 2. The molecule has 0 bridgehead atoms. The van der Waals surface area contributed by atoms with Gasteiger partial charge in [0.1, 0.15) is 23.0 Å². The molecule has 124 valence electrons. The molecular formula is C19H16N4O2. The Hall–Kier alpha value is -3.54. The van der Waals surface area contributed by atoms with Crippen LogP contribution in [-0.4, -0.2) is 24.6 Å². The van der Waals surface area contributed by atoms with E-state index in [0.29, 0.717) is 23.4 Å². The van der Waals surface area contributed by atoms with Crippen LogP contribution in [0.3, 0.4) is 0 Å². The van der Waals surface area contributed by atoms with Gasteiger partial charge in [-0.25, -0.2) is 4.98 Å². The zero-order valence-electron chi connectivity index (χ0n) is 13.3. The van der Waals surface area contributed by atoms with Crippen LogP contribution >= 0.6 is 0 Å². The zero-order chi connectivity index (χ0) is 17.2. The fourth-order valence-electron chi connectivity index (χ4n) is 2.77. The lowest BCUT2D eigenvalue weighted by molar-refractivity contribution is 0.452. The van der Waals surface area contributed by atoms with Gasteiger partial charge in [-0.2, -0.15) is 0 Å². The number of anilines is 1. The number of hydrogen-bond acceptors (Lipinski definition) is 5. The van der Waals surface area contributed by atoms with E-state index >= 15 is 0 Å². The summed E-state index contributed by atoms with van der Waals surface area (Å²) in [6, 6.07) is 14.5. The van der Waals surface area contributed by atoms with Gasteiger partial charge in [0.2, 0.25) is 0 Å². The van der Waals surface area contributed by atoms with Gasteiger partial charge in [0.15, 0.2) is 5.65 Å². The highest BCUT2D eigenvalue weighted by Gasteiger charge is 2.17. The van der Waals surface area contributed by atoms with E-state index in [1.807, 2.05) is 40.9 Å². The fraction of sp³-hybridized carbons (Fsp3) is 0.0526. The molecule has 2 aromatic carbocycles. The van der Waals surface area contributed by atoms with E-state index < -0.39 is 0 Å². The minimum absolute atomic E-state index is 0.00507. The quantitative estimate of drug-likeness (QED) is 0.533. The Bertz CT molecular complexity index is 1030. The Kier molecular flexibility index (Phi) is 3.70. The number of hydrogen-bond donors (Lipinski definition) is 3. The predicted octanol–water partition coefficient (Wildman–Crippen LogP) is 3.42. The molecule has 4 rings (SSSR count). The molecule has 6 nitrogen and oxygen atoms in total. The highest BCUT2D eigenvalue weighted by molar-refractivity contribution is 5.80. The van der Waals surface area contributed by atoms with Crippen LogP contribution in [0, 0.1) is 0 Å². The highest BCUT2D eigenvalue weighted by atomic mass is 16.3. The molecule has 0 fully saturated rings. The van der Waals surface area contributed by atoms with E-state index in [-0.39, 0.29) is 11.5 Å². The van der Waals surface area contributed by atoms with Crippen molar-refractivity contribution in [3.8, 4) is 22.8 Å². The molecule has 4 aromatic rings. The first-order chi connectivity index (χ1) is 12.2. The van der Waals surface area contributed by atoms with Crippen LogP contribution in [0.4, 0.5) is 5.82 Å². The van der Waals surface area contributed by atoms with E-state index in [1.165, 1.54) is 12.1 Å². The van der Waals surface area contributed by atoms with E-state index in [9.17, 15) is 10.2 Å². The van der Waals surface area contributed by atoms with Crippen molar-refractivity contribution in [1.29, 1.82) is 0 Å². The van der Waals surface area contributed by atoms with Crippen LogP contribution in [0.15, 0.2) is 67.1 Å². The lowest BCUT2D eigenvalue weighted by atomic mass is 10.1. The summed E-state index contributed by atoms with van der Waals surface area (Å²) in [6.45, 7) is 0.614. The van der Waals surface area contributed by atoms with E-state index in [2.05, 4.69) is 15.3 Å². The molecule has 2 heterocycles. The monoisotopic (exact) mass is 332 g/mol. The van der Waals surface area contributed by atoms with Crippen molar-refractivity contribution in [1.82, 2.24) is 14.4 Å². The number of rotatable bonds is 4. The molecule has 0 unspecified atom stereocenters. The molecule has 0 saturated heterocycles. The third kappa shape index (κ3) is 2.85. The van der Waals surface area contributed by atoms with Gasteiger partial charge in [-0.15, -0.1) is 0 Å². The third-order valence-electron chi connectivity index (χ3n) is 3.97. The summed E-state index contributed by atoms with van der Waals surface area (Å²) in [5.74, 6) is 0.729. The third-order valence-corrected chi connectivity index (χ3v) is 3.97. The van der Waals surface area contributed by atoms with Crippen molar-refractivity contribution in [2.75, 3.05) is 5.32 Å². The Labute approximate surface area is 144 Å². The average Bonchev–Trinajstić information content (AvgIpc) is 2.99. The second kappa shape index (κ2) is 6.16. The summed E-state index contributed by atoms with van der Waals surface area (Å²) in [6.07, 6.45) is 5.16. The summed E-state index contributed by atoms with van der Waals surface area (Å²) < 4.78 is 1.89. The van der Waals surface area contributed by atoms with Crippen LogP contribution in [0.25, 0.3) is 16.9 Å². The summed E-state index contributed by atoms with van der Waals surface area (Å²) in [5.41, 5.74) is 2.94. The van der Waals surface area contributed by atoms with Gasteiger partial charge in [-0.05, 0) is 17.7 Å². The smallest absolute Gasteiger partial charge is 0.157 e. The van der Waals surface area contributed by atoms with Crippen molar-refractivity contribution < 1.29 is 10.2 Å². The van der Waals surface area contributed by atoms with Crippen molar-refractivity contribution in [2.45, 2.75) is 6.54 Å². The molecule has 0 aliphatic carbocycles. The van der Waals surface area contributed by atoms with Crippen LogP contribution in [-0.2, 0) is 6.54 Å². The Morgan fingerprint density at radius 2 is 1.88 bits per heavy atom. The maximum absolute atomic E-state index is 10.2. The lowest BCUT2D eigenvalue weighted by Gasteiger charge is -2.10. The Balaban J connectivity index is 1.80. The van der Waals surface area contributed by atoms with Crippen molar-refractivity contribution in [3.63, 3.8) is 0 Å². The first kappa shape index (κ1) is 15.0. The van der Waals surface area contributed by atoms with Gasteiger partial charge in [0.25, 0.3) is 0 Å². The molecule has 3 N–H and O–H groups in total. The minimum atomic E-state index is -0.0286. The van der Waals surface area contributed by atoms with Gasteiger partial charge in [0, 0.05) is 30.6 Å². The van der Waals surface area contributed by atoms with Crippen LogP contribution in [0.1, 0.15) is 5.56 Å². The Morgan fingerprint density at radius 3 is 2.68 bits per heavy atom. The minimum Gasteiger partial charge on any atom is -0.508 e. The highest BCUT2D eigenvalue weighted by Crippen LogP contribution is 2.36. The average molecular weight is 332 g/mol. The molecule has 0 atom stereocenters. The maximum Gasteiger partial charge on any atom is 0.157 e. The molecule has 0 saturated carbocycles. The SMILES string of the molecule is Oc1ccc(-c2nc3cnccn3c2NCc2ccccc2)c(O)c1. The number of phenolic OH excluding ortho intramolecular Hbond substituents is 2. The molecular weight excluding hydrogens is 316 g/mol. The zero-order valence-corrected chi connectivity index (χ0v) is 13.3. The van der Waals surface area contributed by atoms with Crippen LogP contribution in [0.5, 0.6) is 11.5 Å². The molecule has 0 aliphatic rings. The summed E-state index contributed by atoms with van der Waals surface area (Å²) in [7, 11) is 0. The van der Waals surface area contributed by atoms with Crippen molar-refractivity contribution >= 4 is 11.5 Å². The van der Waals surface area contributed by atoms with E-state index in [1.54, 1.807) is 18.5 Å². The van der Waals surface area contributed by atoms with E-state index in [0.717, 1.165) is 11.4 Å².